The van der Waals surface area contributed by atoms with Crippen molar-refractivity contribution in [1.82, 2.24) is 30.0 Å². The molecule has 25 heavy (non-hydrogen) atoms. The van der Waals surface area contributed by atoms with Crippen LogP contribution in [-0.2, 0) is 19.5 Å². The van der Waals surface area contributed by atoms with Gasteiger partial charge in [0.05, 0.1) is 0 Å². The van der Waals surface area contributed by atoms with Crippen molar-refractivity contribution < 1.29 is 0 Å². The van der Waals surface area contributed by atoms with Crippen molar-refractivity contribution in [3.63, 3.8) is 0 Å². The Morgan fingerprint density at radius 3 is 2.64 bits per heavy atom. The van der Waals surface area contributed by atoms with Gasteiger partial charge in [-0.25, -0.2) is 9.97 Å². The van der Waals surface area contributed by atoms with Crippen molar-refractivity contribution in [3.05, 3.63) is 29.6 Å². The average Bonchev–Trinajstić information content (AvgIpc) is 3.29. The van der Waals surface area contributed by atoms with Gasteiger partial charge in [0.1, 0.15) is 11.6 Å². The zero-order chi connectivity index (χ0) is 17.2. The molecule has 7 heteroatoms. The predicted molar refractivity (Wildman–Crippen MR) is 96.5 cm³/mol. The Balaban J connectivity index is 1.34. The summed E-state index contributed by atoms with van der Waals surface area (Å²) in [5, 5.41) is 12.4. The lowest BCUT2D eigenvalue weighted by Crippen LogP contribution is -2.37. The van der Waals surface area contributed by atoms with Gasteiger partial charge < -0.3 is 14.8 Å². The van der Waals surface area contributed by atoms with E-state index in [1.807, 2.05) is 12.4 Å². The van der Waals surface area contributed by atoms with Crippen LogP contribution in [0.5, 0.6) is 0 Å². The van der Waals surface area contributed by atoms with E-state index in [1.54, 1.807) is 0 Å². The molecule has 0 radical (unpaired) electrons. The van der Waals surface area contributed by atoms with Gasteiger partial charge in [0.15, 0.2) is 0 Å². The molecule has 0 aromatic carbocycles. The number of aromatic nitrogens is 5. The molecule has 134 valence electrons. The number of nitrogens with zero attached hydrogens (tertiary/aromatic N) is 6. The van der Waals surface area contributed by atoms with Crippen LogP contribution >= 0.6 is 0 Å². The Labute approximate surface area is 148 Å². The molecule has 7 nitrogen and oxygen atoms in total. The number of rotatable bonds is 5. The molecule has 0 saturated carbocycles. The first-order chi connectivity index (χ1) is 12.2. The van der Waals surface area contributed by atoms with E-state index in [0.29, 0.717) is 12.0 Å². The van der Waals surface area contributed by atoms with E-state index in [-0.39, 0.29) is 0 Å². The fraction of sp³-hybridized carbons (Fsp3) is 0.667. The van der Waals surface area contributed by atoms with Crippen LogP contribution in [0.4, 0.5) is 5.95 Å². The van der Waals surface area contributed by atoms with Crippen LogP contribution in [-0.4, -0.2) is 43.9 Å². The Hall–Kier alpha value is -2.02. The number of fused-ring (bicyclic) bond motifs is 1. The first-order valence-corrected chi connectivity index (χ1v) is 9.42. The van der Waals surface area contributed by atoms with Gasteiger partial charge in [0.25, 0.3) is 0 Å². The quantitative estimate of drug-likeness (QED) is 0.895. The van der Waals surface area contributed by atoms with Crippen molar-refractivity contribution >= 4 is 5.95 Å². The molecule has 1 N–H and O–H groups in total. The lowest BCUT2D eigenvalue weighted by atomic mass is 10.1. The molecule has 0 aliphatic carbocycles. The van der Waals surface area contributed by atoms with Crippen molar-refractivity contribution in [3.8, 4) is 0 Å². The molecule has 2 aliphatic rings. The van der Waals surface area contributed by atoms with Gasteiger partial charge in [-0.15, -0.1) is 10.2 Å². The van der Waals surface area contributed by atoms with E-state index in [2.05, 4.69) is 48.8 Å². The number of anilines is 1. The minimum absolute atomic E-state index is 0.409. The van der Waals surface area contributed by atoms with Crippen molar-refractivity contribution in [2.75, 3.05) is 18.0 Å². The third-order valence-electron chi connectivity index (χ3n) is 5.17. The van der Waals surface area contributed by atoms with Crippen LogP contribution in [0.1, 0.15) is 56.2 Å². The maximum Gasteiger partial charge on any atom is 0.225 e. The van der Waals surface area contributed by atoms with E-state index in [0.717, 1.165) is 62.2 Å². The molecule has 1 saturated heterocycles. The van der Waals surface area contributed by atoms with Crippen LogP contribution in [0.2, 0.25) is 0 Å². The second-order valence-corrected chi connectivity index (χ2v) is 7.44. The Morgan fingerprint density at radius 1 is 1.16 bits per heavy atom. The van der Waals surface area contributed by atoms with E-state index >= 15 is 0 Å². The van der Waals surface area contributed by atoms with Gasteiger partial charge in [-0.05, 0) is 19.3 Å². The number of hydrogen-bond donors (Lipinski definition) is 1. The maximum absolute atomic E-state index is 4.54. The minimum atomic E-state index is 0.409. The van der Waals surface area contributed by atoms with E-state index in [4.69, 9.17) is 0 Å². The molecule has 2 aromatic heterocycles. The second kappa shape index (κ2) is 7.07. The van der Waals surface area contributed by atoms with Gasteiger partial charge in [0.2, 0.25) is 5.95 Å². The number of hydrogen-bond acceptors (Lipinski definition) is 6. The molecular formula is C18H27N7. The lowest BCUT2D eigenvalue weighted by molar-refractivity contribution is 0.370. The van der Waals surface area contributed by atoms with Crippen molar-refractivity contribution in [2.24, 2.45) is 0 Å². The van der Waals surface area contributed by atoms with Crippen molar-refractivity contribution in [1.29, 1.82) is 0 Å². The Kier molecular flexibility index (Phi) is 4.65. The summed E-state index contributed by atoms with van der Waals surface area (Å²) in [5.41, 5.74) is 1.14. The summed E-state index contributed by atoms with van der Waals surface area (Å²) in [5.74, 6) is 3.50. The highest BCUT2D eigenvalue weighted by Crippen LogP contribution is 2.20. The van der Waals surface area contributed by atoms with Gasteiger partial charge in [-0.3, -0.25) is 0 Å². The highest BCUT2D eigenvalue weighted by atomic mass is 15.3. The fourth-order valence-corrected chi connectivity index (χ4v) is 3.72. The van der Waals surface area contributed by atoms with Crippen LogP contribution in [0.25, 0.3) is 0 Å². The summed E-state index contributed by atoms with van der Waals surface area (Å²) in [7, 11) is 0. The summed E-state index contributed by atoms with van der Waals surface area (Å²) in [6, 6.07) is 0.444. The molecule has 0 unspecified atom stereocenters. The van der Waals surface area contributed by atoms with E-state index in [1.165, 1.54) is 12.8 Å². The smallest absolute Gasteiger partial charge is 0.225 e. The zero-order valence-corrected chi connectivity index (χ0v) is 15.1. The summed E-state index contributed by atoms with van der Waals surface area (Å²) in [4.78, 5) is 11.3. The average molecular weight is 341 g/mol. The maximum atomic E-state index is 4.54. The highest BCUT2D eigenvalue weighted by molar-refractivity contribution is 5.30. The third-order valence-corrected chi connectivity index (χ3v) is 5.17. The summed E-state index contributed by atoms with van der Waals surface area (Å²) in [6.45, 7) is 8.27. The van der Waals surface area contributed by atoms with Gasteiger partial charge in [-0.2, -0.15) is 0 Å². The molecule has 2 aromatic rings. The zero-order valence-electron chi connectivity index (χ0n) is 15.1. The highest BCUT2D eigenvalue weighted by Gasteiger charge is 2.23. The summed E-state index contributed by atoms with van der Waals surface area (Å²) < 4.78 is 2.29. The largest absolute Gasteiger partial charge is 0.341 e. The standard InChI is InChI=1S/C18H27N7/c1-13(2)17-23-22-16-6-5-15(12-25(16)17)19-9-14-10-20-18(21-11-14)24-7-3-4-8-24/h10-11,13,15,19H,3-9,12H2,1-2H3/t15-/m0/s1. The predicted octanol–water partition coefficient (Wildman–Crippen LogP) is 1.90. The van der Waals surface area contributed by atoms with Gasteiger partial charge in [0, 0.05) is 62.5 Å². The molecule has 2 aliphatic heterocycles. The number of nitrogens with one attached hydrogen (secondary N) is 1. The molecule has 0 bridgehead atoms. The molecule has 4 rings (SSSR count). The molecular weight excluding hydrogens is 314 g/mol. The Morgan fingerprint density at radius 2 is 1.92 bits per heavy atom. The van der Waals surface area contributed by atoms with Gasteiger partial charge in [-0.1, -0.05) is 13.8 Å². The molecule has 1 atom stereocenters. The van der Waals surface area contributed by atoms with Crippen molar-refractivity contribution in [2.45, 2.75) is 64.6 Å². The normalized spacial score (nSPS) is 20.3. The second-order valence-electron chi connectivity index (χ2n) is 7.44. The van der Waals surface area contributed by atoms with Crippen LogP contribution in [0.15, 0.2) is 12.4 Å². The van der Waals surface area contributed by atoms with Crippen LogP contribution < -0.4 is 10.2 Å². The fourth-order valence-electron chi connectivity index (χ4n) is 3.72. The van der Waals surface area contributed by atoms with Gasteiger partial charge >= 0.3 is 0 Å². The van der Waals surface area contributed by atoms with E-state index < -0.39 is 0 Å². The summed E-state index contributed by atoms with van der Waals surface area (Å²) in [6.07, 6.45) is 8.50. The van der Waals surface area contributed by atoms with Crippen LogP contribution in [0.3, 0.4) is 0 Å². The topological polar surface area (TPSA) is 71.8 Å². The van der Waals surface area contributed by atoms with Crippen LogP contribution in [0, 0.1) is 0 Å². The first kappa shape index (κ1) is 16.4. The molecule has 0 spiro atoms. The minimum Gasteiger partial charge on any atom is -0.341 e. The summed E-state index contributed by atoms with van der Waals surface area (Å²) >= 11 is 0. The monoisotopic (exact) mass is 341 g/mol. The first-order valence-electron chi connectivity index (χ1n) is 9.42. The lowest BCUT2D eigenvalue weighted by Gasteiger charge is -2.26. The SMILES string of the molecule is CC(C)c1nnc2n1C[C@@H](NCc1cnc(N3CCCC3)nc1)CC2. The number of aryl methyl sites for hydroxylation is 1. The third kappa shape index (κ3) is 3.51. The molecule has 4 heterocycles. The van der Waals surface area contributed by atoms with E-state index in [9.17, 15) is 0 Å². The Bertz CT molecular complexity index is 701. The molecule has 0 amide bonds. The molecule has 1 fully saturated rings.